The molecule has 1 N–H and O–H groups in total. The Bertz CT molecular complexity index is 430. The van der Waals surface area contributed by atoms with E-state index in [1.807, 2.05) is 4.90 Å². The van der Waals surface area contributed by atoms with Crippen LogP contribution in [0.5, 0.6) is 0 Å². The molecule has 100 valence electrons. The highest BCUT2D eigenvalue weighted by Crippen LogP contribution is 2.29. The van der Waals surface area contributed by atoms with Gasteiger partial charge in [0.2, 0.25) is 5.91 Å². The lowest BCUT2D eigenvalue weighted by molar-refractivity contribution is -0.118. The summed E-state index contributed by atoms with van der Waals surface area (Å²) >= 11 is 1.63. The smallest absolute Gasteiger partial charge is 0.245 e. The highest BCUT2D eigenvalue weighted by atomic mass is 32.1. The highest BCUT2D eigenvalue weighted by Gasteiger charge is 2.33. The van der Waals surface area contributed by atoms with Crippen LogP contribution in [0, 0.1) is 6.92 Å². The van der Waals surface area contributed by atoms with E-state index in [2.05, 4.69) is 31.1 Å². The van der Waals surface area contributed by atoms with Crippen molar-refractivity contribution in [1.82, 2.24) is 10.3 Å². The van der Waals surface area contributed by atoms with E-state index in [0.29, 0.717) is 0 Å². The zero-order valence-corrected chi connectivity index (χ0v) is 12.1. The molecule has 2 heterocycles. The zero-order chi connectivity index (χ0) is 13.1. The van der Waals surface area contributed by atoms with Crippen molar-refractivity contribution in [3.05, 3.63) is 10.6 Å². The number of anilines is 1. The summed E-state index contributed by atoms with van der Waals surface area (Å²) in [6.07, 6.45) is 2.88. The molecule has 1 aliphatic heterocycles. The Morgan fingerprint density at radius 3 is 2.89 bits per heavy atom. The number of nitrogens with zero attached hydrogens (tertiary/aromatic N) is 2. The lowest BCUT2D eigenvalue weighted by atomic mass is 10.2. The summed E-state index contributed by atoms with van der Waals surface area (Å²) in [5.41, 5.74) is 1.12. The van der Waals surface area contributed by atoms with E-state index < -0.39 is 0 Å². The monoisotopic (exact) mass is 267 g/mol. The molecule has 4 nitrogen and oxygen atoms in total. The fourth-order valence-electron chi connectivity index (χ4n) is 2.23. The number of hydrogen-bond donors (Lipinski definition) is 1. The van der Waals surface area contributed by atoms with Gasteiger partial charge in [-0.1, -0.05) is 13.8 Å². The topological polar surface area (TPSA) is 45.2 Å². The Hall–Kier alpha value is -0.940. The maximum Gasteiger partial charge on any atom is 0.245 e. The van der Waals surface area contributed by atoms with Gasteiger partial charge in [-0.15, -0.1) is 11.3 Å². The minimum Gasteiger partial charge on any atom is -0.306 e. The molecule has 0 radical (unpaired) electrons. The van der Waals surface area contributed by atoms with Crippen molar-refractivity contribution < 1.29 is 4.79 Å². The van der Waals surface area contributed by atoms with Gasteiger partial charge in [-0.2, -0.15) is 0 Å². The summed E-state index contributed by atoms with van der Waals surface area (Å²) < 4.78 is 0. The molecule has 1 aliphatic rings. The molecule has 1 aromatic heterocycles. The van der Waals surface area contributed by atoms with Crippen LogP contribution in [0.3, 0.4) is 0 Å². The molecule has 2 rings (SSSR count). The van der Waals surface area contributed by atoms with Crippen LogP contribution in [0.4, 0.5) is 5.13 Å². The van der Waals surface area contributed by atoms with Crippen LogP contribution in [0.15, 0.2) is 0 Å². The molecule has 18 heavy (non-hydrogen) atoms. The SMILES string of the molecule is CCCNC1CCN(c2nc(CC)c(C)s2)C1=O. The summed E-state index contributed by atoms with van der Waals surface area (Å²) in [7, 11) is 0. The predicted molar refractivity (Wildman–Crippen MR) is 75.3 cm³/mol. The second-order valence-corrected chi connectivity index (χ2v) is 5.82. The number of hydrogen-bond acceptors (Lipinski definition) is 4. The third-order valence-corrected chi connectivity index (χ3v) is 4.33. The van der Waals surface area contributed by atoms with Gasteiger partial charge in [-0.3, -0.25) is 9.69 Å². The molecule has 0 bridgehead atoms. The number of aryl methyl sites for hydroxylation is 2. The van der Waals surface area contributed by atoms with Crippen molar-refractivity contribution in [1.29, 1.82) is 0 Å². The van der Waals surface area contributed by atoms with Crippen molar-refractivity contribution in [2.24, 2.45) is 0 Å². The van der Waals surface area contributed by atoms with Crippen molar-refractivity contribution >= 4 is 22.4 Å². The number of carbonyl (C=O) groups excluding carboxylic acids is 1. The van der Waals surface area contributed by atoms with Crippen molar-refractivity contribution in [2.45, 2.75) is 46.1 Å². The molecule has 5 heteroatoms. The molecule has 0 aromatic carbocycles. The van der Waals surface area contributed by atoms with Crippen LogP contribution in [-0.2, 0) is 11.2 Å². The van der Waals surface area contributed by atoms with E-state index in [1.165, 1.54) is 4.88 Å². The first kappa shape index (κ1) is 13.5. The Morgan fingerprint density at radius 2 is 2.28 bits per heavy atom. The fraction of sp³-hybridized carbons (Fsp3) is 0.692. The average molecular weight is 267 g/mol. The zero-order valence-electron chi connectivity index (χ0n) is 11.3. The first-order valence-electron chi connectivity index (χ1n) is 6.68. The molecule has 1 aromatic rings. The summed E-state index contributed by atoms with van der Waals surface area (Å²) in [4.78, 5) is 19.9. The van der Waals surface area contributed by atoms with E-state index in [0.717, 1.165) is 43.2 Å². The number of aromatic nitrogens is 1. The third-order valence-electron chi connectivity index (χ3n) is 3.29. The molecular weight excluding hydrogens is 246 g/mol. The van der Waals surface area contributed by atoms with Gasteiger partial charge in [0.25, 0.3) is 0 Å². The summed E-state index contributed by atoms with van der Waals surface area (Å²) in [6.45, 7) is 7.98. The molecule has 1 fully saturated rings. The number of amides is 1. The van der Waals surface area contributed by atoms with Crippen LogP contribution < -0.4 is 10.2 Å². The van der Waals surface area contributed by atoms with E-state index >= 15 is 0 Å². The molecule has 0 spiro atoms. The maximum absolute atomic E-state index is 12.3. The van der Waals surface area contributed by atoms with Crippen LogP contribution in [-0.4, -0.2) is 30.0 Å². The Kier molecular flexibility index (Phi) is 4.35. The van der Waals surface area contributed by atoms with E-state index in [1.54, 1.807) is 11.3 Å². The summed E-state index contributed by atoms with van der Waals surface area (Å²) in [6, 6.07) is -0.0146. The molecule has 1 amide bonds. The summed E-state index contributed by atoms with van der Waals surface area (Å²) in [5.74, 6) is 0.180. The number of carbonyl (C=O) groups is 1. The van der Waals surface area contributed by atoms with E-state index in [4.69, 9.17) is 0 Å². The van der Waals surface area contributed by atoms with Gasteiger partial charge in [0.15, 0.2) is 5.13 Å². The van der Waals surface area contributed by atoms with Crippen molar-refractivity contribution in [3.63, 3.8) is 0 Å². The third kappa shape index (κ3) is 2.57. The van der Waals surface area contributed by atoms with E-state index in [-0.39, 0.29) is 11.9 Å². The van der Waals surface area contributed by atoms with Crippen LogP contribution in [0.25, 0.3) is 0 Å². The molecule has 1 saturated heterocycles. The lowest BCUT2D eigenvalue weighted by Gasteiger charge is -2.13. The minimum absolute atomic E-state index is 0.0146. The molecule has 0 saturated carbocycles. The Morgan fingerprint density at radius 1 is 1.50 bits per heavy atom. The largest absolute Gasteiger partial charge is 0.306 e. The first-order valence-corrected chi connectivity index (χ1v) is 7.50. The normalized spacial score (nSPS) is 19.8. The predicted octanol–water partition coefficient (Wildman–Crippen LogP) is 2.12. The van der Waals surface area contributed by atoms with Gasteiger partial charge < -0.3 is 5.32 Å². The molecule has 0 aliphatic carbocycles. The van der Waals surface area contributed by atoms with Crippen molar-refractivity contribution in [3.8, 4) is 0 Å². The Labute approximate surface area is 112 Å². The summed E-state index contributed by atoms with van der Waals surface area (Å²) in [5, 5.41) is 4.17. The van der Waals surface area contributed by atoms with Crippen LogP contribution >= 0.6 is 11.3 Å². The van der Waals surface area contributed by atoms with Gasteiger partial charge in [0, 0.05) is 11.4 Å². The molecule has 1 unspecified atom stereocenters. The lowest BCUT2D eigenvalue weighted by Crippen LogP contribution is -2.38. The highest BCUT2D eigenvalue weighted by molar-refractivity contribution is 7.15. The number of rotatable bonds is 5. The molecule has 1 atom stereocenters. The maximum atomic E-state index is 12.3. The van der Waals surface area contributed by atoms with Gasteiger partial charge in [-0.05, 0) is 32.7 Å². The number of thiazole rings is 1. The van der Waals surface area contributed by atoms with Gasteiger partial charge in [-0.25, -0.2) is 4.98 Å². The second kappa shape index (κ2) is 5.80. The first-order chi connectivity index (χ1) is 8.67. The quantitative estimate of drug-likeness (QED) is 0.889. The van der Waals surface area contributed by atoms with Crippen molar-refractivity contribution in [2.75, 3.05) is 18.0 Å². The molecular formula is C13H21N3OS. The Balaban J connectivity index is 2.08. The van der Waals surface area contributed by atoms with Gasteiger partial charge in [0.1, 0.15) is 0 Å². The fourth-order valence-corrected chi connectivity index (χ4v) is 3.26. The van der Waals surface area contributed by atoms with Crippen LogP contribution in [0.1, 0.15) is 37.3 Å². The van der Waals surface area contributed by atoms with Gasteiger partial charge >= 0.3 is 0 Å². The van der Waals surface area contributed by atoms with E-state index in [9.17, 15) is 4.79 Å². The average Bonchev–Trinajstić information content (AvgIpc) is 2.90. The standard InChI is InChI=1S/C13H21N3OS/c1-4-7-14-11-6-8-16(12(11)17)13-15-10(5-2)9(3)18-13/h11,14H,4-8H2,1-3H3. The second-order valence-electron chi connectivity index (χ2n) is 4.64. The van der Waals surface area contributed by atoms with Crippen LogP contribution in [0.2, 0.25) is 0 Å². The number of nitrogens with one attached hydrogen (secondary N) is 1. The minimum atomic E-state index is -0.0146. The van der Waals surface area contributed by atoms with Gasteiger partial charge in [0.05, 0.1) is 11.7 Å².